The highest BCUT2D eigenvalue weighted by molar-refractivity contribution is 5.76. The van der Waals surface area contributed by atoms with Gasteiger partial charge >= 0.3 is 0 Å². The molecule has 6 nitrogen and oxygen atoms in total. The molecule has 3 rings (SSSR count). The van der Waals surface area contributed by atoms with Gasteiger partial charge in [0.1, 0.15) is 13.2 Å². The molecule has 1 amide bonds. The third-order valence-corrected chi connectivity index (χ3v) is 4.52. The van der Waals surface area contributed by atoms with Crippen molar-refractivity contribution >= 4 is 11.6 Å². The van der Waals surface area contributed by atoms with E-state index in [1.807, 2.05) is 32.0 Å². The van der Waals surface area contributed by atoms with Crippen LogP contribution in [0.3, 0.4) is 0 Å². The summed E-state index contributed by atoms with van der Waals surface area (Å²) in [5, 5.41) is 6.56. The number of nitrogens with one attached hydrogen (secondary N) is 2. The highest BCUT2D eigenvalue weighted by atomic mass is 16.6. The lowest BCUT2D eigenvalue weighted by Gasteiger charge is -2.33. The lowest BCUT2D eigenvalue weighted by Crippen LogP contribution is -2.43. The molecule has 1 aromatic rings. The number of piperidine rings is 1. The normalized spacial score (nSPS) is 20.4. The molecule has 0 unspecified atom stereocenters. The summed E-state index contributed by atoms with van der Waals surface area (Å²) in [6.45, 7) is 8.04. The van der Waals surface area contributed by atoms with Crippen molar-refractivity contribution in [2.75, 3.05) is 38.2 Å². The number of nitrogens with zero attached hydrogens (tertiary/aromatic N) is 1. The summed E-state index contributed by atoms with van der Waals surface area (Å²) < 4.78 is 11.2. The number of amides is 1. The van der Waals surface area contributed by atoms with Gasteiger partial charge in [0.2, 0.25) is 5.91 Å². The van der Waals surface area contributed by atoms with Crippen LogP contribution in [0.25, 0.3) is 0 Å². The average Bonchev–Trinajstić information content (AvgIpc) is 2.60. The minimum Gasteiger partial charge on any atom is -0.486 e. The van der Waals surface area contributed by atoms with E-state index in [-0.39, 0.29) is 11.9 Å². The van der Waals surface area contributed by atoms with Gasteiger partial charge in [0.05, 0.1) is 0 Å². The van der Waals surface area contributed by atoms with Crippen molar-refractivity contribution in [3.8, 4) is 11.5 Å². The van der Waals surface area contributed by atoms with Crippen LogP contribution in [0.15, 0.2) is 18.2 Å². The molecular formula is C19H29N3O3. The summed E-state index contributed by atoms with van der Waals surface area (Å²) >= 11 is 0. The Morgan fingerprint density at radius 1 is 1.28 bits per heavy atom. The monoisotopic (exact) mass is 347 g/mol. The second-order valence-corrected chi connectivity index (χ2v) is 7.11. The molecule has 1 saturated heterocycles. The molecule has 0 saturated carbocycles. The first kappa shape index (κ1) is 17.9. The number of hydrogen-bond donors (Lipinski definition) is 2. The molecular weight excluding hydrogens is 318 g/mol. The Hall–Kier alpha value is -1.95. The van der Waals surface area contributed by atoms with Gasteiger partial charge in [-0.15, -0.1) is 0 Å². The Morgan fingerprint density at radius 3 is 2.88 bits per heavy atom. The van der Waals surface area contributed by atoms with Crippen LogP contribution in [-0.2, 0) is 4.79 Å². The molecule has 25 heavy (non-hydrogen) atoms. The van der Waals surface area contributed by atoms with E-state index >= 15 is 0 Å². The Morgan fingerprint density at radius 2 is 2.08 bits per heavy atom. The molecule has 1 atom stereocenters. The number of ether oxygens (including phenoxy) is 2. The van der Waals surface area contributed by atoms with E-state index < -0.39 is 0 Å². The largest absolute Gasteiger partial charge is 0.486 e. The number of likely N-dealkylation sites (tertiary alicyclic amines) is 1. The minimum atomic E-state index is 0.136. The predicted octanol–water partition coefficient (Wildman–Crippen LogP) is 2.25. The van der Waals surface area contributed by atoms with Gasteiger partial charge < -0.3 is 25.0 Å². The fourth-order valence-electron chi connectivity index (χ4n) is 3.40. The highest BCUT2D eigenvalue weighted by Crippen LogP contribution is 2.33. The van der Waals surface area contributed by atoms with Crippen molar-refractivity contribution in [2.24, 2.45) is 0 Å². The van der Waals surface area contributed by atoms with Crippen LogP contribution in [0.5, 0.6) is 11.5 Å². The molecule has 1 aromatic carbocycles. The van der Waals surface area contributed by atoms with Gasteiger partial charge in [-0.05, 0) is 45.4 Å². The predicted molar refractivity (Wildman–Crippen MR) is 98.4 cm³/mol. The summed E-state index contributed by atoms with van der Waals surface area (Å²) in [5.74, 6) is 1.77. The van der Waals surface area contributed by atoms with Crippen molar-refractivity contribution in [1.82, 2.24) is 10.2 Å². The highest BCUT2D eigenvalue weighted by Gasteiger charge is 2.21. The van der Waals surface area contributed by atoms with Crippen LogP contribution in [-0.4, -0.2) is 55.7 Å². The lowest BCUT2D eigenvalue weighted by molar-refractivity contribution is -0.121. The second-order valence-electron chi connectivity index (χ2n) is 7.11. The number of fused-ring (bicyclic) bond motifs is 1. The summed E-state index contributed by atoms with van der Waals surface area (Å²) in [4.78, 5) is 14.2. The quantitative estimate of drug-likeness (QED) is 0.826. The zero-order valence-electron chi connectivity index (χ0n) is 15.2. The standard InChI is InChI=1S/C19H29N3O3/c1-14(2)20-19(23)7-9-22-8-3-4-16(13-22)21-15-5-6-17-18(12-15)25-11-10-24-17/h5-6,12,14,16,21H,3-4,7-11,13H2,1-2H3,(H,20,23)/t16-/m0/s1. The first-order valence-electron chi connectivity index (χ1n) is 9.28. The molecule has 0 radical (unpaired) electrons. The van der Waals surface area contributed by atoms with Crippen LogP contribution in [0.4, 0.5) is 5.69 Å². The van der Waals surface area contributed by atoms with Gasteiger partial charge in [-0.25, -0.2) is 0 Å². The summed E-state index contributed by atoms with van der Waals surface area (Å²) in [6.07, 6.45) is 2.85. The third-order valence-electron chi connectivity index (χ3n) is 4.52. The van der Waals surface area contributed by atoms with E-state index in [0.29, 0.717) is 25.7 Å². The molecule has 0 bridgehead atoms. The van der Waals surface area contributed by atoms with E-state index in [0.717, 1.165) is 49.7 Å². The Kier molecular flexibility index (Phi) is 6.02. The summed E-state index contributed by atoms with van der Waals surface area (Å²) in [6, 6.07) is 6.63. The summed E-state index contributed by atoms with van der Waals surface area (Å²) in [5.41, 5.74) is 1.06. The maximum Gasteiger partial charge on any atom is 0.221 e. The van der Waals surface area contributed by atoms with Crippen LogP contribution < -0.4 is 20.1 Å². The average molecular weight is 347 g/mol. The maximum atomic E-state index is 11.8. The van der Waals surface area contributed by atoms with E-state index in [1.54, 1.807) is 0 Å². The number of rotatable bonds is 6. The van der Waals surface area contributed by atoms with Gasteiger partial charge in [0.15, 0.2) is 11.5 Å². The van der Waals surface area contributed by atoms with Crippen LogP contribution >= 0.6 is 0 Å². The number of hydrogen-bond acceptors (Lipinski definition) is 5. The summed E-state index contributed by atoms with van der Waals surface area (Å²) in [7, 11) is 0. The van der Waals surface area contributed by atoms with E-state index in [2.05, 4.69) is 15.5 Å². The van der Waals surface area contributed by atoms with Crippen LogP contribution in [0.1, 0.15) is 33.1 Å². The number of benzene rings is 1. The van der Waals surface area contributed by atoms with Crippen molar-refractivity contribution < 1.29 is 14.3 Å². The zero-order chi connectivity index (χ0) is 17.6. The first-order chi connectivity index (χ1) is 12.1. The van der Waals surface area contributed by atoms with Gasteiger partial charge in [-0.2, -0.15) is 0 Å². The number of anilines is 1. The Labute approximate surface area is 149 Å². The van der Waals surface area contributed by atoms with Gasteiger partial charge in [-0.3, -0.25) is 4.79 Å². The van der Waals surface area contributed by atoms with Crippen molar-refractivity contribution in [3.63, 3.8) is 0 Å². The van der Waals surface area contributed by atoms with E-state index in [4.69, 9.17) is 9.47 Å². The third kappa shape index (κ3) is 5.26. The fourth-order valence-corrected chi connectivity index (χ4v) is 3.40. The smallest absolute Gasteiger partial charge is 0.221 e. The molecule has 2 heterocycles. The molecule has 2 aliphatic heterocycles. The van der Waals surface area contributed by atoms with Crippen molar-refractivity contribution in [1.29, 1.82) is 0 Å². The lowest BCUT2D eigenvalue weighted by atomic mass is 10.0. The van der Waals surface area contributed by atoms with E-state index in [1.165, 1.54) is 0 Å². The van der Waals surface area contributed by atoms with Crippen LogP contribution in [0, 0.1) is 0 Å². The minimum absolute atomic E-state index is 0.136. The van der Waals surface area contributed by atoms with Crippen molar-refractivity contribution in [3.05, 3.63) is 18.2 Å². The molecule has 0 aromatic heterocycles. The molecule has 1 fully saturated rings. The number of carbonyl (C=O) groups excluding carboxylic acids is 1. The molecule has 0 spiro atoms. The second kappa shape index (κ2) is 8.43. The topological polar surface area (TPSA) is 62.8 Å². The number of carbonyl (C=O) groups is 1. The van der Waals surface area contributed by atoms with Gasteiger partial charge in [-0.1, -0.05) is 0 Å². The molecule has 0 aliphatic carbocycles. The van der Waals surface area contributed by atoms with E-state index in [9.17, 15) is 4.79 Å². The zero-order valence-corrected chi connectivity index (χ0v) is 15.2. The molecule has 2 N–H and O–H groups in total. The Balaban J connectivity index is 1.49. The van der Waals surface area contributed by atoms with Gasteiger partial charge in [0, 0.05) is 43.3 Å². The molecule has 138 valence electrons. The van der Waals surface area contributed by atoms with Crippen molar-refractivity contribution in [2.45, 2.75) is 45.2 Å². The SMILES string of the molecule is CC(C)NC(=O)CCN1CCC[C@H](Nc2ccc3c(c2)OCCO3)C1. The first-order valence-corrected chi connectivity index (χ1v) is 9.28. The maximum absolute atomic E-state index is 11.8. The van der Waals surface area contributed by atoms with Gasteiger partial charge in [0.25, 0.3) is 0 Å². The Bertz CT molecular complexity index is 591. The molecule has 6 heteroatoms. The fraction of sp³-hybridized carbons (Fsp3) is 0.632. The molecule has 2 aliphatic rings. The van der Waals surface area contributed by atoms with Crippen LogP contribution in [0.2, 0.25) is 0 Å².